The number of rotatable bonds is 4. The number of para-hydroxylation sites is 1. The number of nitrogens with zero attached hydrogens (tertiary/aromatic N) is 1. The van der Waals surface area contributed by atoms with Gasteiger partial charge in [0.25, 0.3) is 0 Å². The molecule has 1 amide bonds. The Balaban J connectivity index is 2.09. The zero-order valence-corrected chi connectivity index (χ0v) is 13.6. The maximum absolute atomic E-state index is 12.6. The van der Waals surface area contributed by atoms with Crippen LogP contribution in [0, 0.1) is 0 Å². The Morgan fingerprint density at radius 2 is 2.15 bits per heavy atom. The number of ether oxygens (including phenoxy) is 1. The molecule has 1 fully saturated rings. The van der Waals surface area contributed by atoms with Gasteiger partial charge in [-0.2, -0.15) is 0 Å². The SMILES string of the molecule is COc1ccccc1CC(=O)N1CCCCCC1CBr. The predicted octanol–water partition coefficient (Wildman–Crippen LogP) is 3.40. The summed E-state index contributed by atoms with van der Waals surface area (Å²) in [6.45, 7) is 0.879. The Hall–Kier alpha value is -1.03. The highest BCUT2D eigenvalue weighted by Crippen LogP contribution is 2.22. The quantitative estimate of drug-likeness (QED) is 0.786. The molecule has 1 saturated heterocycles. The Morgan fingerprint density at radius 3 is 2.90 bits per heavy atom. The van der Waals surface area contributed by atoms with E-state index in [0.717, 1.165) is 36.0 Å². The van der Waals surface area contributed by atoms with Gasteiger partial charge >= 0.3 is 0 Å². The van der Waals surface area contributed by atoms with Gasteiger partial charge in [-0.3, -0.25) is 4.79 Å². The fourth-order valence-electron chi connectivity index (χ4n) is 2.78. The Kier molecular flexibility index (Phi) is 5.89. The molecule has 1 aliphatic rings. The highest BCUT2D eigenvalue weighted by atomic mass is 79.9. The molecule has 0 aromatic heterocycles. The molecule has 20 heavy (non-hydrogen) atoms. The van der Waals surface area contributed by atoms with Crippen molar-refractivity contribution in [1.29, 1.82) is 0 Å². The first-order valence-electron chi connectivity index (χ1n) is 7.23. The summed E-state index contributed by atoms with van der Waals surface area (Å²) in [6, 6.07) is 8.10. The van der Waals surface area contributed by atoms with Gasteiger partial charge in [-0.1, -0.05) is 47.0 Å². The second-order valence-electron chi connectivity index (χ2n) is 5.23. The molecule has 1 heterocycles. The van der Waals surface area contributed by atoms with E-state index >= 15 is 0 Å². The maximum atomic E-state index is 12.6. The second-order valence-corrected chi connectivity index (χ2v) is 5.88. The van der Waals surface area contributed by atoms with Crippen LogP contribution in [-0.2, 0) is 11.2 Å². The molecule has 0 spiro atoms. The van der Waals surface area contributed by atoms with E-state index in [-0.39, 0.29) is 5.91 Å². The summed E-state index contributed by atoms with van der Waals surface area (Å²) in [5.74, 6) is 1.01. The van der Waals surface area contributed by atoms with Gasteiger partial charge in [0.2, 0.25) is 5.91 Å². The number of amides is 1. The van der Waals surface area contributed by atoms with Crippen LogP contribution in [0.1, 0.15) is 31.2 Å². The number of methoxy groups -OCH3 is 1. The van der Waals surface area contributed by atoms with Crippen LogP contribution in [-0.4, -0.2) is 35.8 Å². The van der Waals surface area contributed by atoms with Gasteiger partial charge in [-0.25, -0.2) is 0 Å². The van der Waals surface area contributed by atoms with Crippen LogP contribution in [0.3, 0.4) is 0 Å². The number of hydrogen-bond donors (Lipinski definition) is 0. The normalized spacial score (nSPS) is 19.5. The molecule has 1 aromatic rings. The smallest absolute Gasteiger partial charge is 0.227 e. The Morgan fingerprint density at radius 1 is 1.35 bits per heavy atom. The number of halogens is 1. The van der Waals surface area contributed by atoms with E-state index in [9.17, 15) is 4.79 Å². The van der Waals surface area contributed by atoms with Crippen molar-refractivity contribution in [2.45, 2.75) is 38.1 Å². The number of likely N-dealkylation sites (tertiary alicyclic amines) is 1. The molecule has 0 radical (unpaired) electrons. The van der Waals surface area contributed by atoms with Gasteiger partial charge in [-0.05, 0) is 18.9 Å². The minimum atomic E-state index is 0.209. The van der Waals surface area contributed by atoms with Gasteiger partial charge in [-0.15, -0.1) is 0 Å². The van der Waals surface area contributed by atoms with E-state index in [4.69, 9.17) is 4.74 Å². The van der Waals surface area contributed by atoms with Gasteiger partial charge in [0.05, 0.1) is 13.5 Å². The highest BCUT2D eigenvalue weighted by Gasteiger charge is 2.25. The first kappa shape index (κ1) is 15.4. The average Bonchev–Trinajstić information content (AvgIpc) is 2.73. The molecule has 0 bridgehead atoms. The first-order valence-corrected chi connectivity index (χ1v) is 8.35. The molecule has 110 valence electrons. The average molecular weight is 340 g/mol. The molecule has 4 heteroatoms. The largest absolute Gasteiger partial charge is 0.496 e. The lowest BCUT2D eigenvalue weighted by Gasteiger charge is -2.29. The highest BCUT2D eigenvalue weighted by molar-refractivity contribution is 9.09. The summed E-state index contributed by atoms with van der Waals surface area (Å²) in [6.07, 6.45) is 5.08. The zero-order chi connectivity index (χ0) is 14.4. The van der Waals surface area contributed by atoms with Crippen molar-refractivity contribution in [3.05, 3.63) is 29.8 Å². The fraction of sp³-hybridized carbons (Fsp3) is 0.562. The molecule has 0 aliphatic carbocycles. The molecule has 0 N–H and O–H groups in total. The molecule has 1 atom stereocenters. The molecule has 1 aromatic carbocycles. The molecule has 3 nitrogen and oxygen atoms in total. The number of alkyl halides is 1. The van der Waals surface area contributed by atoms with Gasteiger partial charge in [0, 0.05) is 23.5 Å². The molecule has 1 unspecified atom stereocenters. The van der Waals surface area contributed by atoms with Crippen molar-refractivity contribution in [2.75, 3.05) is 19.0 Å². The van der Waals surface area contributed by atoms with E-state index in [1.807, 2.05) is 29.2 Å². The number of carbonyl (C=O) groups is 1. The Labute approximate surface area is 129 Å². The standard InChI is InChI=1S/C16H22BrNO2/c1-20-15-9-5-4-7-13(15)11-16(19)18-10-6-2-3-8-14(18)12-17/h4-5,7,9,14H,2-3,6,8,10-12H2,1H3. The fourth-order valence-corrected chi connectivity index (χ4v) is 3.45. The van der Waals surface area contributed by atoms with Gasteiger partial charge < -0.3 is 9.64 Å². The van der Waals surface area contributed by atoms with E-state index < -0.39 is 0 Å². The first-order chi connectivity index (χ1) is 9.76. The van der Waals surface area contributed by atoms with Gasteiger partial charge in [0.1, 0.15) is 5.75 Å². The van der Waals surface area contributed by atoms with Crippen molar-refractivity contribution in [1.82, 2.24) is 4.90 Å². The molecular weight excluding hydrogens is 318 g/mol. The third kappa shape index (κ3) is 3.75. The summed E-state index contributed by atoms with van der Waals surface area (Å²) < 4.78 is 5.33. The summed E-state index contributed by atoms with van der Waals surface area (Å²) >= 11 is 3.55. The third-order valence-corrected chi connectivity index (χ3v) is 4.66. The van der Waals surface area contributed by atoms with Crippen LogP contribution < -0.4 is 4.74 Å². The number of hydrogen-bond acceptors (Lipinski definition) is 2. The van der Waals surface area contributed by atoms with E-state index in [1.165, 1.54) is 12.8 Å². The van der Waals surface area contributed by atoms with Crippen molar-refractivity contribution in [2.24, 2.45) is 0 Å². The minimum absolute atomic E-state index is 0.209. The topological polar surface area (TPSA) is 29.5 Å². The van der Waals surface area contributed by atoms with Crippen LogP contribution in [0.2, 0.25) is 0 Å². The lowest BCUT2D eigenvalue weighted by molar-refractivity contribution is -0.132. The third-order valence-electron chi connectivity index (χ3n) is 3.91. The summed E-state index contributed by atoms with van der Waals surface area (Å²) in [4.78, 5) is 14.7. The van der Waals surface area contributed by atoms with Crippen LogP contribution in [0.15, 0.2) is 24.3 Å². The number of benzene rings is 1. The number of carbonyl (C=O) groups excluding carboxylic acids is 1. The summed E-state index contributed by atoms with van der Waals surface area (Å²) in [5, 5.41) is 0.866. The van der Waals surface area contributed by atoms with E-state index in [0.29, 0.717) is 12.5 Å². The maximum Gasteiger partial charge on any atom is 0.227 e. The zero-order valence-electron chi connectivity index (χ0n) is 12.0. The van der Waals surface area contributed by atoms with Crippen molar-refractivity contribution < 1.29 is 9.53 Å². The monoisotopic (exact) mass is 339 g/mol. The lowest BCUT2D eigenvalue weighted by atomic mass is 10.1. The van der Waals surface area contributed by atoms with Crippen molar-refractivity contribution >= 4 is 21.8 Å². The van der Waals surface area contributed by atoms with Crippen molar-refractivity contribution in [3.8, 4) is 5.75 Å². The summed E-state index contributed by atoms with van der Waals surface area (Å²) in [5.41, 5.74) is 0.970. The molecule has 2 rings (SSSR count). The van der Waals surface area contributed by atoms with Crippen LogP contribution in [0.5, 0.6) is 5.75 Å². The van der Waals surface area contributed by atoms with Gasteiger partial charge in [0.15, 0.2) is 0 Å². The van der Waals surface area contributed by atoms with Crippen LogP contribution in [0.4, 0.5) is 0 Å². The van der Waals surface area contributed by atoms with Crippen molar-refractivity contribution in [3.63, 3.8) is 0 Å². The second kappa shape index (κ2) is 7.67. The lowest BCUT2D eigenvalue weighted by Crippen LogP contribution is -2.41. The van der Waals surface area contributed by atoms with E-state index in [1.54, 1.807) is 7.11 Å². The van der Waals surface area contributed by atoms with Crippen LogP contribution in [0.25, 0.3) is 0 Å². The predicted molar refractivity (Wildman–Crippen MR) is 84.5 cm³/mol. The Bertz CT molecular complexity index is 450. The van der Waals surface area contributed by atoms with E-state index in [2.05, 4.69) is 15.9 Å². The summed E-state index contributed by atoms with van der Waals surface area (Å²) in [7, 11) is 1.65. The minimum Gasteiger partial charge on any atom is -0.496 e. The molecule has 1 aliphatic heterocycles. The molecular formula is C16H22BrNO2. The molecule has 0 saturated carbocycles. The van der Waals surface area contributed by atoms with Crippen LogP contribution >= 0.6 is 15.9 Å².